The third kappa shape index (κ3) is 3.52. The van der Waals surface area contributed by atoms with Gasteiger partial charge in [-0.3, -0.25) is 4.79 Å². The highest BCUT2D eigenvalue weighted by atomic mass is 35.5. The van der Waals surface area contributed by atoms with E-state index in [1.54, 1.807) is 0 Å². The van der Waals surface area contributed by atoms with Gasteiger partial charge >= 0.3 is 0 Å². The first kappa shape index (κ1) is 15.7. The highest BCUT2D eigenvalue weighted by molar-refractivity contribution is 6.32. The van der Waals surface area contributed by atoms with Crippen LogP contribution >= 0.6 is 23.2 Å². The molecule has 6 heteroatoms. The smallest absolute Gasteiger partial charge is 0.276 e. The van der Waals surface area contributed by atoms with Crippen LogP contribution in [0.3, 0.4) is 0 Å². The van der Waals surface area contributed by atoms with E-state index in [0.717, 1.165) is 29.7 Å². The van der Waals surface area contributed by atoms with Crippen molar-refractivity contribution < 1.29 is 4.79 Å². The molecule has 0 unspecified atom stereocenters. The lowest BCUT2D eigenvalue weighted by Crippen LogP contribution is -2.17. The molecule has 2 rings (SSSR count). The molecule has 0 saturated carbocycles. The van der Waals surface area contributed by atoms with E-state index in [4.69, 9.17) is 23.2 Å². The fourth-order valence-electron chi connectivity index (χ4n) is 2.08. The van der Waals surface area contributed by atoms with E-state index < -0.39 is 0 Å². The topological polar surface area (TPSA) is 54.9 Å². The number of nitrogens with zero attached hydrogens (tertiary/aromatic N) is 2. The minimum Gasteiger partial charge on any atom is -0.320 e. The first-order valence-electron chi connectivity index (χ1n) is 6.67. The van der Waals surface area contributed by atoms with Gasteiger partial charge in [-0.25, -0.2) is 0 Å². The van der Waals surface area contributed by atoms with E-state index in [2.05, 4.69) is 15.5 Å². The number of aromatic nitrogens is 2. The number of anilines is 1. The summed E-state index contributed by atoms with van der Waals surface area (Å²) in [5.41, 5.74) is 2.93. The molecule has 110 valence electrons. The van der Waals surface area contributed by atoms with Crippen LogP contribution in [-0.2, 0) is 12.8 Å². The zero-order valence-corrected chi connectivity index (χ0v) is 13.3. The Labute approximate surface area is 133 Å². The van der Waals surface area contributed by atoms with Gasteiger partial charge in [0.15, 0.2) is 10.8 Å². The summed E-state index contributed by atoms with van der Waals surface area (Å²) in [6, 6.07) is 6.84. The summed E-state index contributed by atoms with van der Waals surface area (Å²) in [6.45, 7) is 4.03. The molecule has 0 aliphatic carbocycles. The van der Waals surface area contributed by atoms with E-state index in [1.165, 1.54) is 12.1 Å². The third-order valence-electron chi connectivity index (χ3n) is 3.18. The molecule has 1 amide bonds. The van der Waals surface area contributed by atoms with Gasteiger partial charge in [0.2, 0.25) is 0 Å². The molecule has 0 spiro atoms. The highest BCUT2D eigenvalue weighted by Crippen LogP contribution is 2.29. The fourth-order valence-corrected chi connectivity index (χ4v) is 2.47. The van der Waals surface area contributed by atoms with E-state index >= 15 is 0 Å². The zero-order valence-electron chi connectivity index (χ0n) is 11.8. The number of amides is 1. The van der Waals surface area contributed by atoms with E-state index in [1.807, 2.05) is 26.0 Å². The molecule has 1 aromatic carbocycles. The van der Waals surface area contributed by atoms with Crippen LogP contribution in [0.5, 0.6) is 0 Å². The summed E-state index contributed by atoms with van der Waals surface area (Å²) in [5.74, 6) is -0.328. The Morgan fingerprint density at radius 1 is 1.10 bits per heavy atom. The number of halogens is 2. The van der Waals surface area contributed by atoms with Gasteiger partial charge in [-0.15, -0.1) is 10.2 Å². The van der Waals surface area contributed by atoms with Crippen molar-refractivity contribution in [3.05, 3.63) is 51.3 Å². The number of nitrogens with one attached hydrogen (secondary N) is 1. The standard InChI is InChI=1S/C15H15Cl2N3O/c1-3-9-5-6-11(16)10(4-2)14(9)18-15(21)12-7-8-13(17)20-19-12/h5-8H,3-4H2,1-2H3,(H,18,21). The summed E-state index contributed by atoms with van der Waals surface area (Å²) in [6.07, 6.45) is 1.53. The van der Waals surface area contributed by atoms with Gasteiger partial charge in [0, 0.05) is 10.7 Å². The summed E-state index contributed by atoms with van der Waals surface area (Å²) < 4.78 is 0. The van der Waals surface area contributed by atoms with Gasteiger partial charge in [-0.2, -0.15) is 0 Å². The molecule has 0 fully saturated rings. The molecule has 0 atom stereocenters. The van der Waals surface area contributed by atoms with E-state index in [0.29, 0.717) is 5.02 Å². The second kappa shape index (κ2) is 6.87. The molecule has 0 saturated heterocycles. The van der Waals surface area contributed by atoms with Crippen molar-refractivity contribution in [2.24, 2.45) is 0 Å². The molecular formula is C15H15Cl2N3O. The molecule has 0 aliphatic heterocycles. The molecule has 21 heavy (non-hydrogen) atoms. The van der Waals surface area contributed by atoms with Crippen molar-refractivity contribution in [3.63, 3.8) is 0 Å². The Bertz CT molecular complexity index is 657. The van der Waals surface area contributed by atoms with Crippen molar-refractivity contribution in [1.82, 2.24) is 10.2 Å². The summed E-state index contributed by atoms with van der Waals surface area (Å²) in [5, 5.41) is 11.2. The first-order valence-corrected chi connectivity index (χ1v) is 7.43. The van der Waals surface area contributed by atoms with Crippen LogP contribution in [0.4, 0.5) is 5.69 Å². The van der Waals surface area contributed by atoms with E-state index in [9.17, 15) is 4.79 Å². The number of rotatable bonds is 4. The number of hydrogen-bond donors (Lipinski definition) is 1. The number of aryl methyl sites for hydroxylation is 1. The lowest BCUT2D eigenvalue weighted by Gasteiger charge is -2.15. The average Bonchev–Trinajstić information content (AvgIpc) is 2.48. The zero-order chi connectivity index (χ0) is 15.4. The predicted molar refractivity (Wildman–Crippen MR) is 85.2 cm³/mol. The van der Waals surface area contributed by atoms with Gasteiger partial charge in [0.1, 0.15) is 0 Å². The largest absolute Gasteiger partial charge is 0.320 e. The second-order valence-corrected chi connectivity index (χ2v) is 5.26. The van der Waals surface area contributed by atoms with Crippen molar-refractivity contribution in [2.45, 2.75) is 26.7 Å². The Kier molecular flexibility index (Phi) is 5.15. The molecule has 2 aromatic rings. The van der Waals surface area contributed by atoms with Gasteiger partial charge in [-0.1, -0.05) is 43.1 Å². The maximum atomic E-state index is 12.3. The maximum Gasteiger partial charge on any atom is 0.276 e. The third-order valence-corrected chi connectivity index (χ3v) is 3.74. The van der Waals surface area contributed by atoms with Crippen LogP contribution in [0, 0.1) is 0 Å². The van der Waals surface area contributed by atoms with Gasteiger partial charge in [0.05, 0.1) is 0 Å². The van der Waals surface area contributed by atoms with Crippen molar-refractivity contribution >= 4 is 34.8 Å². The van der Waals surface area contributed by atoms with Crippen LogP contribution in [0.2, 0.25) is 10.2 Å². The average molecular weight is 324 g/mol. The van der Waals surface area contributed by atoms with Crippen molar-refractivity contribution in [3.8, 4) is 0 Å². The minimum absolute atomic E-state index is 0.212. The lowest BCUT2D eigenvalue weighted by molar-refractivity contribution is 0.102. The molecule has 0 aliphatic rings. The highest BCUT2D eigenvalue weighted by Gasteiger charge is 2.15. The number of carbonyl (C=O) groups is 1. The molecule has 1 N–H and O–H groups in total. The molecule has 0 bridgehead atoms. The number of benzene rings is 1. The minimum atomic E-state index is -0.328. The van der Waals surface area contributed by atoms with Crippen LogP contribution in [0.15, 0.2) is 24.3 Å². The first-order chi connectivity index (χ1) is 10.1. The summed E-state index contributed by atoms with van der Waals surface area (Å²) in [4.78, 5) is 12.3. The second-order valence-electron chi connectivity index (χ2n) is 4.46. The van der Waals surface area contributed by atoms with Crippen molar-refractivity contribution in [2.75, 3.05) is 5.32 Å². The normalized spacial score (nSPS) is 10.5. The molecular weight excluding hydrogens is 309 g/mol. The van der Waals surface area contributed by atoms with Crippen LogP contribution in [-0.4, -0.2) is 16.1 Å². The molecule has 0 radical (unpaired) electrons. The Morgan fingerprint density at radius 3 is 2.43 bits per heavy atom. The van der Waals surface area contributed by atoms with E-state index in [-0.39, 0.29) is 16.8 Å². The quantitative estimate of drug-likeness (QED) is 0.919. The van der Waals surface area contributed by atoms with Crippen LogP contribution in [0.1, 0.15) is 35.5 Å². The Balaban J connectivity index is 2.36. The molecule has 4 nitrogen and oxygen atoms in total. The molecule has 1 heterocycles. The Morgan fingerprint density at radius 2 is 1.86 bits per heavy atom. The SMILES string of the molecule is CCc1ccc(Cl)c(CC)c1NC(=O)c1ccc(Cl)nn1. The molecule has 1 aromatic heterocycles. The summed E-state index contributed by atoms with van der Waals surface area (Å²) in [7, 11) is 0. The van der Waals surface area contributed by atoms with Crippen LogP contribution < -0.4 is 5.32 Å². The maximum absolute atomic E-state index is 12.3. The predicted octanol–water partition coefficient (Wildman–Crippen LogP) is 4.16. The van der Waals surface area contributed by atoms with Gasteiger partial charge in [0.25, 0.3) is 5.91 Å². The van der Waals surface area contributed by atoms with Crippen LogP contribution in [0.25, 0.3) is 0 Å². The summed E-state index contributed by atoms with van der Waals surface area (Å²) >= 11 is 11.9. The fraction of sp³-hybridized carbons (Fsp3) is 0.267. The number of carbonyl (C=O) groups excluding carboxylic acids is 1. The monoisotopic (exact) mass is 323 g/mol. The van der Waals surface area contributed by atoms with Crippen molar-refractivity contribution in [1.29, 1.82) is 0 Å². The van der Waals surface area contributed by atoms with Gasteiger partial charge in [-0.05, 0) is 42.2 Å². The lowest BCUT2D eigenvalue weighted by atomic mass is 10.0. The number of hydrogen-bond acceptors (Lipinski definition) is 3. The van der Waals surface area contributed by atoms with Gasteiger partial charge < -0.3 is 5.32 Å². The Hall–Kier alpha value is -1.65.